The van der Waals surface area contributed by atoms with Gasteiger partial charge in [-0.15, -0.1) is 10.2 Å². The largest absolute Gasteiger partial charge is 0.493 e. The van der Waals surface area contributed by atoms with Crippen molar-refractivity contribution in [2.24, 2.45) is 5.10 Å². The Morgan fingerprint density at radius 2 is 1.96 bits per heavy atom. The van der Waals surface area contributed by atoms with E-state index in [-0.39, 0.29) is 16.7 Å². The van der Waals surface area contributed by atoms with Gasteiger partial charge in [-0.05, 0) is 30.0 Å². The molecule has 0 radical (unpaired) electrons. The molecule has 130 valence electrons. The van der Waals surface area contributed by atoms with Crippen LogP contribution in [0.15, 0.2) is 28.5 Å². The molecule has 0 atom stereocenters. The van der Waals surface area contributed by atoms with Gasteiger partial charge in [-0.2, -0.15) is 18.6 Å². The van der Waals surface area contributed by atoms with Crippen LogP contribution in [0.1, 0.15) is 17.8 Å². The van der Waals surface area contributed by atoms with Crippen LogP contribution < -0.4 is 9.47 Å². The molecule has 0 N–H and O–H groups in total. The van der Waals surface area contributed by atoms with Crippen molar-refractivity contribution in [3.05, 3.63) is 29.6 Å². The Bertz CT molecular complexity index is 724. The fourth-order valence-corrected chi connectivity index (χ4v) is 2.17. The minimum absolute atomic E-state index is 0.0576. The van der Waals surface area contributed by atoms with E-state index in [0.717, 1.165) is 16.4 Å². The molecular weight excluding hydrogens is 352 g/mol. The molecule has 0 spiro atoms. The van der Waals surface area contributed by atoms with E-state index >= 15 is 0 Å². The molecule has 2 aromatic rings. The van der Waals surface area contributed by atoms with Crippen LogP contribution in [-0.2, 0) is 0 Å². The summed E-state index contributed by atoms with van der Waals surface area (Å²) in [6.07, 6.45) is 0.0564. The van der Waals surface area contributed by atoms with Gasteiger partial charge in [0.05, 0.1) is 13.3 Å². The highest BCUT2D eigenvalue weighted by atomic mass is 32.2. The molecule has 0 saturated heterocycles. The summed E-state index contributed by atoms with van der Waals surface area (Å²) < 4.78 is 60.5. The first-order chi connectivity index (χ1) is 11.5. The minimum atomic E-state index is -2.99. The van der Waals surface area contributed by atoms with E-state index in [1.165, 1.54) is 31.5 Å². The molecule has 1 aromatic carbocycles. The molecule has 6 nitrogen and oxygen atoms in total. The smallest absolute Gasteiger partial charge is 0.387 e. The van der Waals surface area contributed by atoms with Gasteiger partial charge in [-0.3, -0.25) is 0 Å². The maximum absolute atomic E-state index is 12.9. The van der Waals surface area contributed by atoms with Crippen LogP contribution in [0.25, 0.3) is 0 Å². The summed E-state index contributed by atoms with van der Waals surface area (Å²) in [6.45, 7) is -2.99. The second kappa shape index (κ2) is 7.99. The number of ether oxygens (including phenoxy) is 2. The van der Waals surface area contributed by atoms with Crippen molar-refractivity contribution in [2.45, 2.75) is 18.2 Å². The minimum Gasteiger partial charge on any atom is -0.493 e. The zero-order chi connectivity index (χ0) is 17.7. The van der Waals surface area contributed by atoms with Gasteiger partial charge >= 0.3 is 6.61 Å². The summed E-state index contributed by atoms with van der Waals surface area (Å²) in [5.74, 6) is -0.686. The Balaban J connectivity index is 2.31. The first kappa shape index (κ1) is 18.0. The number of aromatic nitrogens is 3. The predicted molar refractivity (Wildman–Crippen MR) is 79.4 cm³/mol. The molecule has 0 amide bonds. The molecule has 0 aliphatic carbocycles. The molecule has 0 bridgehead atoms. The van der Waals surface area contributed by atoms with Crippen LogP contribution in [0, 0.1) is 0 Å². The highest BCUT2D eigenvalue weighted by Crippen LogP contribution is 2.29. The van der Waals surface area contributed by atoms with E-state index < -0.39 is 18.9 Å². The van der Waals surface area contributed by atoms with Gasteiger partial charge in [-0.1, -0.05) is 11.8 Å². The third-order valence-electron chi connectivity index (χ3n) is 2.74. The predicted octanol–water partition coefficient (Wildman–Crippen LogP) is 3.43. The number of thioether (sulfide) groups is 1. The number of hydrogen-bond donors (Lipinski definition) is 0. The number of rotatable bonds is 7. The summed E-state index contributed by atoms with van der Waals surface area (Å²) >= 11 is 1.10. The lowest BCUT2D eigenvalue weighted by Gasteiger charge is -2.10. The first-order valence-corrected chi connectivity index (χ1v) is 7.63. The normalized spacial score (nSPS) is 11.7. The lowest BCUT2D eigenvalue weighted by molar-refractivity contribution is -0.0512. The van der Waals surface area contributed by atoms with Crippen molar-refractivity contribution in [3.8, 4) is 11.5 Å². The van der Waals surface area contributed by atoms with Gasteiger partial charge in [-0.25, -0.2) is 8.78 Å². The summed E-state index contributed by atoms with van der Waals surface area (Å²) in [6, 6.07) is 4.07. The molecule has 0 aliphatic rings. The van der Waals surface area contributed by atoms with Crippen molar-refractivity contribution in [2.75, 3.05) is 13.4 Å². The molecule has 0 unspecified atom stereocenters. The molecule has 0 saturated carbocycles. The van der Waals surface area contributed by atoms with Crippen molar-refractivity contribution in [1.82, 2.24) is 14.9 Å². The second-order valence-electron chi connectivity index (χ2n) is 4.19. The Labute approximate surface area is 138 Å². The van der Waals surface area contributed by atoms with E-state index in [9.17, 15) is 17.6 Å². The van der Waals surface area contributed by atoms with Gasteiger partial charge < -0.3 is 9.47 Å². The van der Waals surface area contributed by atoms with E-state index in [4.69, 9.17) is 4.74 Å². The van der Waals surface area contributed by atoms with E-state index in [0.29, 0.717) is 5.56 Å². The number of benzene rings is 1. The first-order valence-electron chi connectivity index (χ1n) is 6.41. The van der Waals surface area contributed by atoms with Crippen LogP contribution >= 0.6 is 11.8 Å². The average molecular weight is 364 g/mol. The Morgan fingerprint density at radius 1 is 1.21 bits per heavy atom. The lowest BCUT2D eigenvalue weighted by Crippen LogP contribution is -2.04. The Kier molecular flexibility index (Phi) is 6.01. The number of hydrogen-bond acceptors (Lipinski definition) is 6. The Morgan fingerprint density at radius 3 is 2.54 bits per heavy atom. The standard InChI is InChI=1S/C13H12F4N4O2S/c1-22-9-5-7(3-4-8(9)23-12(16)17)6-18-21-11(10(14)15)19-20-13(21)24-2/h3-6,10,12H,1-2H3/b18-6-. The number of methoxy groups -OCH3 is 1. The Hall–Kier alpha value is -2.30. The van der Waals surface area contributed by atoms with E-state index in [1.54, 1.807) is 6.26 Å². The van der Waals surface area contributed by atoms with E-state index in [2.05, 4.69) is 20.0 Å². The summed E-state index contributed by atoms with van der Waals surface area (Å²) in [4.78, 5) is 0. The fourth-order valence-electron chi connectivity index (χ4n) is 1.73. The van der Waals surface area contributed by atoms with Crippen LogP contribution in [0.3, 0.4) is 0 Å². The van der Waals surface area contributed by atoms with Crippen molar-refractivity contribution in [1.29, 1.82) is 0 Å². The molecular formula is C13H12F4N4O2S. The van der Waals surface area contributed by atoms with Crippen molar-refractivity contribution >= 4 is 18.0 Å². The van der Waals surface area contributed by atoms with Gasteiger partial charge in [0.15, 0.2) is 11.5 Å². The third-order valence-corrected chi connectivity index (χ3v) is 3.36. The third kappa shape index (κ3) is 4.16. The van der Waals surface area contributed by atoms with Crippen LogP contribution in [-0.4, -0.2) is 41.1 Å². The monoisotopic (exact) mass is 364 g/mol. The number of nitrogens with zero attached hydrogens (tertiary/aromatic N) is 4. The van der Waals surface area contributed by atoms with Crippen LogP contribution in [0.4, 0.5) is 17.6 Å². The fraction of sp³-hybridized carbons (Fsp3) is 0.308. The molecule has 2 rings (SSSR count). The zero-order valence-electron chi connectivity index (χ0n) is 12.5. The maximum atomic E-state index is 12.9. The van der Waals surface area contributed by atoms with Crippen molar-refractivity contribution < 1.29 is 27.0 Å². The molecule has 11 heteroatoms. The van der Waals surface area contributed by atoms with Gasteiger partial charge in [0, 0.05) is 0 Å². The lowest BCUT2D eigenvalue weighted by atomic mass is 10.2. The molecule has 0 aliphatic heterocycles. The van der Waals surface area contributed by atoms with Crippen LogP contribution in [0.2, 0.25) is 0 Å². The zero-order valence-corrected chi connectivity index (χ0v) is 13.3. The quantitative estimate of drug-likeness (QED) is 0.428. The van der Waals surface area contributed by atoms with Gasteiger partial charge in [0.2, 0.25) is 11.0 Å². The molecule has 1 aromatic heterocycles. The summed E-state index contributed by atoms with van der Waals surface area (Å²) in [5, 5.41) is 11.1. The SMILES string of the molecule is COc1cc(/C=N\n2c(SC)nnc2C(F)F)ccc1OC(F)F. The molecule has 24 heavy (non-hydrogen) atoms. The van der Waals surface area contributed by atoms with Crippen LogP contribution in [0.5, 0.6) is 11.5 Å². The highest BCUT2D eigenvalue weighted by Gasteiger charge is 2.19. The number of halogens is 4. The second-order valence-corrected chi connectivity index (χ2v) is 4.96. The topological polar surface area (TPSA) is 61.5 Å². The van der Waals surface area contributed by atoms with Gasteiger partial charge in [0.25, 0.3) is 6.43 Å². The van der Waals surface area contributed by atoms with Gasteiger partial charge in [0.1, 0.15) is 0 Å². The highest BCUT2D eigenvalue weighted by molar-refractivity contribution is 7.98. The van der Waals surface area contributed by atoms with Crippen molar-refractivity contribution in [3.63, 3.8) is 0 Å². The maximum Gasteiger partial charge on any atom is 0.387 e. The van der Waals surface area contributed by atoms with E-state index in [1.807, 2.05) is 0 Å². The number of alkyl halides is 4. The summed E-state index contributed by atoms with van der Waals surface area (Å²) in [7, 11) is 1.29. The molecule has 1 heterocycles. The molecule has 0 fully saturated rings. The average Bonchev–Trinajstić information content (AvgIpc) is 2.96. The summed E-state index contributed by atoms with van der Waals surface area (Å²) in [5.41, 5.74) is 0.425.